The molecule has 2 aromatic carbocycles. The zero-order valence-electron chi connectivity index (χ0n) is 17.9. The number of carbonyl (C=O) groups excluding carboxylic acids is 1. The molecular formula is C24H26Cl2N2O3. The fourth-order valence-corrected chi connectivity index (χ4v) is 4.55. The molecule has 0 radical (unpaired) electrons. The first kappa shape index (κ1) is 22.1. The van der Waals surface area contributed by atoms with E-state index in [2.05, 4.69) is 5.16 Å². The van der Waals surface area contributed by atoms with Crippen molar-refractivity contribution in [2.75, 3.05) is 13.1 Å². The van der Waals surface area contributed by atoms with Crippen LogP contribution in [0.4, 0.5) is 0 Å². The standard InChI is InChI=1S/C24H26Cl2N2O3/c1-4-5-21(29)28-13-24(30,14-28)17-8-6-16(7-9-17)20-12-23(3,31-27-20)18-10-15(2)22(26)19(25)11-18/h6-11,30H,4-5,12-14H2,1-3H3. The quantitative estimate of drug-likeness (QED) is 0.668. The van der Waals surface area contributed by atoms with E-state index in [0.717, 1.165) is 34.4 Å². The van der Waals surface area contributed by atoms with Gasteiger partial charge in [-0.05, 0) is 43.0 Å². The number of aryl methyl sites for hydroxylation is 1. The minimum atomic E-state index is -0.984. The summed E-state index contributed by atoms with van der Waals surface area (Å²) < 4.78 is 0. The molecule has 1 fully saturated rings. The van der Waals surface area contributed by atoms with Gasteiger partial charge in [-0.25, -0.2) is 0 Å². The summed E-state index contributed by atoms with van der Waals surface area (Å²) in [6.07, 6.45) is 1.92. The van der Waals surface area contributed by atoms with Crippen molar-refractivity contribution in [1.82, 2.24) is 4.90 Å². The zero-order chi connectivity index (χ0) is 22.4. The van der Waals surface area contributed by atoms with Gasteiger partial charge in [-0.1, -0.05) is 65.6 Å². The molecule has 0 bridgehead atoms. The Bertz CT molecular complexity index is 1020. The Labute approximate surface area is 192 Å². The summed E-state index contributed by atoms with van der Waals surface area (Å²) in [5.74, 6) is 0.0954. The van der Waals surface area contributed by atoms with Crippen LogP contribution in [0.15, 0.2) is 41.6 Å². The van der Waals surface area contributed by atoms with Gasteiger partial charge in [0.15, 0.2) is 5.60 Å². The van der Waals surface area contributed by atoms with Crippen LogP contribution in [0.25, 0.3) is 0 Å². The average Bonchev–Trinajstić information content (AvgIpc) is 3.13. The highest BCUT2D eigenvalue weighted by Crippen LogP contribution is 2.40. The molecular weight excluding hydrogens is 435 g/mol. The van der Waals surface area contributed by atoms with Gasteiger partial charge in [0.2, 0.25) is 5.91 Å². The second-order valence-corrected chi connectivity index (χ2v) is 9.52. The largest absolute Gasteiger partial charge is 0.384 e. The van der Waals surface area contributed by atoms with Gasteiger partial charge in [0, 0.05) is 18.4 Å². The number of benzene rings is 2. The van der Waals surface area contributed by atoms with E-state index < -0.39 is 11.2 Å². The minimum absolute atomic E-state index is 0.0954. The van der Waals surface area contributed by atoms with E-state index in [1.807, 2.05) is 57.2 Å². The van der Waals surface area contributed by atoms with Crippen LogP contribution in [0.2, 0.25) is 10.0 Å². The maximum atomic E-state index is 12.0. The third kappa shape index (κ3) is 4.07. The second-order valence-electron chi connectivity index (χ2n) is 8.73. The SMILES string of the molecule is CCCC(=O)N1CC(O)(c2ccc(C3=NOC(C)(c4cc(C)c(Cl)c(Cl)c4)C3)cc2)C1. The Morgan fingerprint density at radius 3 is 2.48 bits per heavy atom. The first-order valence-corrected chi connectivity index (χ1v) is 11.2. The molecule has 1 unspecified atom stereocenters. The molecule has 0 saturated carbocycles. The fourth-order valence-electron chi connectivity index (χ4n) is 4.17. The third-order valence-electron chi connectivity index (χ3n) is 6.16. The van der Waals surface area contributed by atoms with Gasteiger partial charge >= 0.3 is 0 Å². The van der Waals surface area contributed by atoms with Crippen molar-refractivity contribution in [2.45, 2.75) is 51.2 Å². The summed E-state index contributed by atoms with van der Waals surface area (Å²) in [6.45, 7) is 6.55. The van der Waals surface area contributed by atoms with Crippen molar-refractivity contribution in [3.8, 4) is 0 Å². The number of likely N-dealkylation sites (tertiary alicyclic amines) is 1. The monoisotopic (exact) mass is 460 g/mol. The van der Waals surface area contributed by atoms with E-state index in [-0.39, 0.29) is 5.91 Å². The van der Waals surface area contributed by atoms with E-state index in [4.69, 9.17) is 28.0 Å². The highest BCUT2D eigenvalue weighted by atomic mass is 35.5. The molecule has 1 N–H and O–H groups in total. The topological polar surface area (TPSA) is 62.1 Å². The first-order chi connectivity index (χ1) is 14.6. The Morgan fingerprint density at radius 2 is 1.87 bits per heavy atom. The highest BCUT2D eigenvalue weighted by Gasteiger charge is 2.44. The maximum Gasteiger partial charge on any atom is 0.222 e. The molecule has 4 rings (SSSR count). The zero-order valence-corrected chi connectivity index (χ0v) is 19.4. The van der Waals surface area contributed by atoms with E-state index in [9.17, 15) is 9.90 Å². The predicted octanol–water partition coefficient (Wildman–Crippen LogP) is 5.17. The van der Waals surface area contributed by atoms with Gasteiger partial charge in [0.25, 0.3) is 0 Å². The third-order valence-corrected chi connectivity index (χ3v) is 7.06. The predicted molar refractivity (Wildman–Crippen MR) is 123 cm³/mol. The Morgan fingerprint density at radius 1 is 1.19 bits per heavy atom. The summed E-state index contributed by atoms with van der Waals surface area (Å²) in [5.41, 5.74) is 2.78. The molecule has 7 heteroatoms. The van der Waals surface area contributed by atoms with Gasteiger partial charge < -0.3 is 14.8 Å². The van der Waals surface area contributed by atoms with Crippen molar-refractivity contribution in [2.24, 2.45) is 5.16 Å². The number of halogens is 2. The number of amides is 1. The molecule has 2 aliphatic rings. The summed E-state index contributed by atoms with van der Waals surface area (Å²) in [7, 11) is 0. The highest BCUT2D eigenvalue weighted by molar-refractivity contribution is 6.42. The van der Waals surface area contributed by atoms with Crippen LogP contribution in [-0.4, -0.2) is 34.7 Å². The number of carbonyl (C=O) groups is 1. The summed E-state index contributed by atoms with van der Waals surface area (Å²) >= 11 is 12.5. The molecule has 0 aliphatic carbocycles. The van der Waals surface area contributed by atoms with Crippen LogP contribution in [0, 0.1) is 6.92 Å². The van der Waals surface area contributed by atoms with Crippen LogP contribution >= 0.6 is 23.2 Å². The summed E-state index contributed by atoms with van der Waals surface area (Å²) in [4.78, 5) is 19.5. The maximum absolute atomic E-state index is 12.0. The summed E-state index contributed by atoms with van der Waals surface area (Å²) in [5, 5.41) is 16.2. The van der Waals surface area contributed by atoms with Crippen LogP contribution < -0.4 is 0 Å². The smallest absolute Gasteiger partial charge is 0.222 e. The van der Waals surface area contributed by atoms with Crippen LogP contribution in [0.5, 0.6) is 0 Å². The summed E-state index contributed by atoms with van der Waals surface area (Å²) in [6, 6.07) is 11.5. The van der Waals surface area contributed by atoms with Crippen molar-refractivity contribution >= 4 is 34.8 Å². The molecule has 2 aromatic rings. The van der Waals surface area contributed by atoms with Crippen molar-refractivity contribution in [3.63, 3.8) is 0 Å². The van der Waals surface area contributed by atoms with Gasteiger partial charge in [-0.15, -0.1) is 0 Å². The molecule has 1 atom stereocenters. The van der Waals surface area contributed by atoms with E-state index in [1.54, 1.807) is 4.90 Å². The number of hydrogen-bond donors (Lipinski definition) is 1. The van der Waals surface area contributed by atoms with Crippen molar-refractivity contribution < 1.29 is 14.7 Å². The van der Waals surface area contributed by atoms with Gasteiger partial charge in [0.1, 0.15) is 5.60 Å². The molecule has 0 aromatic heterocycles. The van der Waals surface area contributed by atoms with E-state index in [1.165, 1.54) is 0 Å². The molecule has 2 heterocycles. The van der Waals surface area contributed by atoms with Crippen LogP contribution in [-0.2, 0) is 20.8 Å². The molecule has 1 amide bonds. The second kappa shape index (κ2) is 8.12. The molecule has 0 spiro atoms. The van der Waals surface area contributed by atoms with Crippen LogP contribution in [0.1, 0.15) is 55.4 Å². The lowest BCUT2D eigenvalue weighted by atomic mass is 9.84. The van der Waals surface area contributed by atoms with Gasteiger partial charge in [-0.2, -0.15) is 0 Å². The number of rotatable bonds is 5. The Hall–Kier alpha value is -2.08. The molecule has 2 aliphatic heterocycles. The fraction of sp³-hybridized carbons (Fsp3) is 0.417. The lowest BCUT2D eigenvalue weighted by Gasteiger charge is -2.46. The van der Waals surface area contributed by atoms with E-state index >= 15 is 0 Å². The Kier molecular flexibility index (Phi) is 5.80. The molecule has 31 heavy (non-hydrogen) atoms. The normalized spacial score (nSPS) is 22.0. The number of hydrogen-bond acceptors (Lipinski definition) is 4. The molecule has 164 valence electrons. The van der Waals surface area contributed by atoms with Crippen molar-refractivity contribution in [3.05, 3.63) is 68.7 Å². The van der Waals surface area contributed by atoms with E-state index in [0.29, 0.717) is 36.0 Å². The molecule has 1 saturated heterocycles. The lowest BCUT2D eigenvalue weighted by molar-refractivity contribution is -0.157. The lowest BCUT2D eigenvalue weighted by Crippen LogP contribution is -2.61. The first-order valence-electron chi connectivity index (χ1n) is 10.5. The minimum Gasteiger partial charge on any atom is -0.384 e. The number of β-amino-alcohol motifs (C(OH)–C–C–N with tert-alkyl or cyclic N) is 1. The number of oxime groups is 1. The van der Waals surface area contributed by atoms with Gasteiger partial charge in [0.05, 0.1) is 28.8 Å². The van der Waals surface area contributed by atoms with Gasteiger partial charge in [-0.3, -0.25) is 4.79 Å². The average molecular weight is 461 g/mol. The van der Waals surface area contributed by atoms with Crippen LogP contribution in [0.3, 0.4) is 0 Å². The molecule has 5 nitrogen and oxygen atoms in total. The van der Waals surface area contributed by atoms with Crippen molar-refractivity contribution in [1.29, 1.82) is 0 Å². The number of nitrogens with zero attached hydrogens (tertiary/aromatic N) is 2. The Balaban J connectivity index is 1.46. The number of aliphatic hydroxyl groups is 1.